The van der Waals surface area contributed by atoms with E-state index >= 15 is 0 Å². The first kappa shape index (κ1) is 21.9. The van der Waals surface area contributed by atoms with Crippen LogP contribution in [-0.4, -0.2) is 67.6 Å². The summed E-state index contributed by atoms with van der Waals surface area (Å²) < 4.78 is 5.14. The van der Waals surface area contributed by atoms with Crippen LogP contribution in [0.25, 0.3) is 0 Å². The van der Waals surface area contributed by atoms with Crippen molar-refractivity contribution in [2.24, 2.45) is 0 Å². The molecule has 1 saturated heterocycles. The number of anilines is 3. The highest BCUT2D eigenvalue weighted by atomic mass is 32.2. The average Bonchev–Trinajstić information content (AvgIpc) is 2.74. The highest BCUT2D eigenvalue weighted by Crippen LogP contribution is 2.30. The van der Waals surface area contributed by atoms with Crippen molar-refractivity contribution in [1.29, 1.82) is 0 Å². The van der Waals surface area contributed by atoms with E-state index in [1.807, 2.05) is 30.5 Å². The van der Waals surface area contributed by atoms with Crippen LogP contribution >= 0.6 is 11.8 Å². The molecule has 0 unspecified atom stereocenters. The predicted octanol–water partition coefficient (Wildman–Crippen LogP) is 3.61. The van der Waals surface area contributed by atoms with Crippen molar-refractivity contribution in [3.63, 3.8) is 0 Å². The summed E-state index contributed by atoms with van der Waals surface area (Å²) in [5.41, 5.74) is 2.16. The molecule has 1 fully saturated rings. The third-order valence-electron chi connectivity index (χ3n) is 4.94. The number of thioether (sulfide) groups is 1. The molecule has 0 saturated carbocycles. The summed E-state index contributed by atoms with van der Waals surface area (Å²) >= 11 is 1.56. The van der Waals surface area contributed by atoms with Crippen LogP contribution in [0.4, 0.5) is 22.7 Å². The van der Waals surface area contributed by atoms with E-state index in [0.29, 0.717) is 11.4 Å². The Labute approximate surface area is 180 Å². The number of carbonyl (C=O) groups excluding carboxylic acids is 1. The third-order valence-corrected chi connectivity index (χ3v) is 5.52. The van der Waals surface area contributed by atoms with Crippen LogP contribution in [0.5, 0.6) is 0 Å². The Bertz CT molecular complexity index is 900. The van der Waals surface area contributed by atoms with E-state index in [2.05, 4.69) is 22.2 Å². The number of esters is 1. The number of benzene rings is 2. The molecule has 1 aliphatic rings. The van der Waals surface area contributed by atoms with Crippen LogP contribution in [0.2, 0.25) is 0 Å². The summed E-state index contributed by atoms with van der Waals surface area (Å²) in [6.07, 6.45) is 1.91. The van der Waals surface area contributed by atoms with Gasteiger partial charge in [-0.3, -0.25) is 10.1 Å². The van der Waals surface area contributed by atoms with E-state index in [1.165, 1.54) is 6.07 Å². The lowest BCUT2D eigenvalue weighted by Crippen LogP contribution is -2.44. The van der Waals surface area contributed by atoms with Gasteiger partial charge >= 0.3 is 5.97 Å². The van der Waals surface area contributed by atoms with Crippen molar-refractivity contribution in [2.75, 3.05) is 62.1 Å². The van der Waals surface area contributed by atoms with E-state index in [0.717, 1.165) is 37.6 Å². The maximum atomic E-state index is 12.1. The topological polar surface area (TPSA) is 88.0 Å². The van der Waals surface area contributed by atoms with Crippen molar-refractivity contribution in [3.8, 4) is 0 Å². The van der Waals surface area contributed by atoms with E-state index in [4.69, 9.17) is 4.74 Å². The van der Waals surface area contributed by atoms with Crippen molar-refractivity contribution in [2.45, 2.75) is 0 Å². The highest BCUT2D eigenvalue weighted by molar-refractivity contribution is 7.98. The number of piperazine rings is 1. The Morgan fingerprint density at radius 2 is 1.97 bits per heavy atom. The first-order chi connectivity index (χ1) is 14.5. The Kier molecular flexibility index (Phi) is 7.53. The molecule has 0 spiro atoms. The minimum Gasteiger partial charge on any atom is -0.461 e. The van der Waals surface area contributed by atoms with Crippen LogP contribution in [-0.2, 0) is 4.74 Å². The monoisotopic (exact) mass is 430 g/mol. The molecule has 30 heavy (non-hydrogen) atoms. The SMILES string of the molecule is CSCCOC(=O)c1ccc(Nc2cccc(N3CCN(C)CC3)c2)c([N+](=O)[O-])c1. The molecule has 2 aromatic carbocycles. The summed E-state index contributed by atoms with van der Waals surface area (Å²) in [7, 11) is 2.11. The lowest BCUT2D eigenvalue weighted by molar-refractivity contribution is -0.383. The number of nitro benzene ring substituents is 1. The minimum absolute atomic E-state index is 0.166. The van der Waals surface area contributed by atoms with E-state index in [1.54, 1.807) is 23.9 Å². The second kappa shape index (κ2) is 10.3. The van der Waals surface area contributed by atoms with Gasteiger partial charge in [-0.2, -0.15) is 11.8 Å². The zero-order chi connectivity index (χ0) is 21.5. The number of nitro groups is 1. The second-order valence-corrected chi connectivity index (χ2v) is 8.07. The molecule has 2 aromatic rings. The quantitative estimate of drug-likeness (QED) is 0.294. The average molecular weight is 431 g/mol. The van der Waals surface area contributed by atoms with Gasteiger partial charge in [-0.1, -0.05) is 6.07 Å². The molecule has 0 aromatic heterocycles. The fraction of sp³-hybridized carbons (Fsp3) is 0.381. The molecule has 0 bridgehead atoms. The number of hydrogen-bond acceptors (Lipinski definition) is 8. The van der Waals surface area contributed by atoms with E-state index in [9.17, 15) is 14.9 Å². The first-order valence-electron chi connectivity index (χ1n) is 9.73. The van der Waals surface area contributed by atoms with Crippen molar-refractivity contribution < 1.29 is 14.5 Å². The summed E-state index contributed by atoms with van der Waals surface area (Å²) in [4.78, 5) is 27.8. The van der Waals surface area contributed by atoms with E-state index < -0.39 is 10.9 Å². The molecule has 0 aliphatic carbocycles. The highest BCUT2D eigenvalue weighted by Gasteiger charge is 2.19. The first-order valence-corrected chi connectivity index (χ1v) is 11.1. The Morgan fingerprint density at radius 3 is 2.67 bits per heavy atom. The summed E-state index contributed by atoms with van der Waals surface area (Å²) in [5.74, 6) is 0.118. The fourth-order valence-electron chi connectivity index (χ4n) is 3.22. The van der Waals surface area contributed by atoms with Crippen molar-refractivity contribution in [3.05, 3.63) is 58.1 Å². The maximum Gasteiger partial charge on any atom is 0.338 e. The Morgan fingerprint density at radius 1 is 1.20 bits per heavy atom. The summed E-state index contributed by atoms with van der Waals surface area (Å²) in [6.45, 7) is 4.14. The predicted molar refractivity (Wildman–Crippen MR) is 121 cm³/mol. The van der Waals surface area contributed by atoms with Gasteiger partial charge in [0, 0.05) is 49.4 Å². The van der Waals surface area contributed by atoms with Gasteiger partial charge < -0.3 is 19.9 Å². The number of hydrogen-bond donors (Lipinski definition) is 1. The number of ether oxygens (including phenoxy) is 1. The molecule has 3 rings (SSSR count). The van der Waals surface area contributed by atoms with Crippen LogP contribution in [0, 0.1) is 10.1 Å². The molecule has 0 radical (unpaired) electrons. The third kappa shape index (κ3) is 5.64. The van der Waals surface area contributed by atoms with Crippen LogP contribution in [0.1, 0.15) is 10.4 Å². The van der Waals surface area contributed by atoms with Crippen LogP contribution in [0.3, 0.4) is 0 Å². The van der Waals surface area contributed by atoms with Gasteiger partial charge in [0.2, 0.25) is 0 Å². The van der Waals surface area contributed by atoms with Gasteiger partial charge in [0.15, 0.2) is 0 Å². The zero-order valence-electron chi connectivity index (χ0n) is 17.2. The normalized spacial score (nSPS) is 14.4. The number of rotatable bonds is 8. The number of nitrogens with one attached hydrogen (secondary N) is 1. The molecule has 160 valence electrons. The molecule has 0 amide bonds. The van der Waals surface area contributed by atoms with Gasteiger partial charge in [0.05, 0.1) is 10.5 Å². The van der Waals surface area contributed by atoms with Crippen LogP contribution < -0.4 is 10.2 Å². The van der Waals surface area contributed by atoms with Crippen molar-refractivity contribution in [1.82, 2.24) is 4.90 Å². The molecule has 8 nitrogen and oxygen atoms in total. The maximum absolute atomic E-state index is 12.1. The molecule has 9 heteroatoms. The molecule has 1 aliphatic heterocycles. The number of carbonyl (C=O) groups is 1. The summed E-state index contributed by atoms with van der Waals surface area (Å²) in [5, 5.41) is 14.7. The Balaban J connectivity index is 1.76. The van der Waals surface area contributed by atoms with Gasteiger partial charge in [0.1, 0.15) is 12.3 Å². The molecule has 1 heterocycles. The second-order valence-electron chi connectivity index (χ2n) is 7.08. The summed E-state index contributed by atoms with van der Waals surface area (Å²) in [6, 6.07) is 12.2. The van der Waals surface area contributed by atoms with Gasteiger partial charge in [0.25, 0.3) is 5.69 Å². The molecule has 0 atom stereocenters. The van der Waals surface area contributed by atoms with Crippen molar-refractivity contribution >= 4 is 40.5 Å². The molecular weight excluding hydrogens is 404 g/mol. The largest absolute Gasteiger partial charge is 0.461 e. The smallest absolute Gasteiger partial charge is 0.338 e. The standard InChI is InChI=1S/C21H26N4O4S/c1-23-8-10-24(11-9-23)18-5-3-4-17(15-18)22-19-7-6-16(14-20(19)25(27)28)21(26)29-12-13-30-2/h3-7,14-15,22H,8-13H2,1-2H3. The van der Waals surface area contributed by atoms with E-state index in [-0.39, 0.29) is 17.9 Å². The number of likely N-dealkylation sites (N-methyl/N-ethyl adjacent to an activating group) is 1. The Hall–Kier alpha value is -2.78. The number of nitrogens with zero attached hydrogens (tertiary/aromatic N) is 3. The van der Waals surface area contributed by atoms with Crippen LogP contribution in [0.15, 0.2) is 42.5 Å². The lowest BCUT2D eigenvalue weighted by Gasteiger charge is -2.34. The van der Waals surface area contributed by atoms with Gasteiger partial charge in [-0.25, -0.2) is 4.79 Å². The zero-order valence-corrected chi connectivity index (χ0v) is 18.0. The minimum atomic E-state index is -0.559. The molecule has 1 N–H and O–H groups in total. The fourth-order valence-corrected chi connectivity index (χ4v) is 3.47. The van der Waals surface area contributed by atoms with Gasteiger partial charge in [-0.05, 0) is 43.6 Å². The van der Waals surface area contributed by atoms with Gasteiger partial charge in [-0.15, -0.1) is 0 Å². The molecular formula is C21H26N4O4S. The lowest BCUT2D eigenvalue weighted by atomic mass is 10.1.